The van der Waals surface area contributed by atoms with Gasteiger partial charge in [0.15, 0.2) is 12.4 Å². The van der Waals surface area contributed by atoms with Crippen molar-refractivity contribution in [2.24, 2.45) is 7.05 Å². The Morgan fingerprint density at radius 1 is 1.00 bits per heavy atom. The Kier molecular flexibility index (Phi) is 6.91. The molecule has 6 heteroatoms. The first-order valence-corrected chi connectivity index (χ1v) is 9.76. The molecule has 0 saturated carbocycles. The minimum atomic E-state index is -0.255. The number of nitrogens with zero attached hydrogens (tertiary/aromatic N) is 1. The van der Waals surface area contributed by atoms with Crippen LogP contribution in [0.25, 0.3) is 0 Å². The van der Waals surface area contributed by atoms with E-state index in [1.54, 1.807) is 10.8 Å². The Morgan fingerprint density at radius 2 is 1.70 bits per heavy atom. The second-order valence-electron chi connectivity index (χ2n) is 7.16. The van der Waals surface area contributed by atoms with E-state index >= 15 is 0 Å². The van der Waals surface area contributed by atoms with E-state index in [-0.39, 0.29) is 30.2 Å². The predicted octanol–water partition coefficient (Wildman–Crippen LogP) is 3.28. The molecule has 3 rings (SSSR count). The number of aromatic nitrogens is 1. The van der Waals surface area contributed by atoms with Crippen LogP contribution in [0, 0.1) is 13.8 Å². The molecule has 0 aliphatic heterocycles. The van der Waals surface area contributed by atoms with Gasteiger partial charge in [0.05, 0.1) is 12.7 Å². The SMILES string of the molecule is Cc1cccc(C)c1OCC(=O)NCc1cc(=O)c(OCc2ccccc2)cn1C. The predicted molar refractivity (Wildman–Crippen MR) is 116 cm³/mol. The maximum Gasteiger partial charge on any atom is 0.258 e. The molecule has 0 fully saturated rings. The number of hydrogen-bond donors (Lipinski definition) is 1. The van der Waals surface area contributed by atoms with Gasteiger partial charge in [-0.15, -0.1) is 0 Å². The molecule has 0 radical (unpaired) electrons. The van der Waals surface area contributed by atoms with Gasteiger partial charge in [0.25, 0.3) is 5.91 Å². The molecule has 1 heterocycles. The Labute approximate surface area is 176 Å². The number of carbonyl (C=O) groups excluding carboxylic acids is 1. The molecular formula is C24H26N2O4. The summed E-state index contributed by atoms with van der Waals surface area (Å²) in [6.45, 7) is 4.34. The molecule has 0 aliphatic carbocycles. The van der Waals surface area contributed by atoms with Gasteiger partial charge in [0, 0.05) is 18.8 Å². The number of pyridine rings is 1. The van der Waals surface area contributed by atoms with Crippen LogP contribution in [0.3, 0.4) is 0 Å². The Morgan fingerprint density at radius 3 is 2.40 bits per heavy atom. The summed E-state index contributed by atoms with van der Waals surface area (Å²) in [5, 5.41) is 2.79. The smallest absolute Gasteiger partial charge is 0.258 e. The third kappa shape index (κ3) is 5.50. The highest BCUT2D eigenvalue weighted by Crippen LogP contribution is 2.22. The fraction of sp³-hybridized carbons (Fsp3) is 0.250. The summed E-state index contributed by atoms with van der Waals surface area (Å²) in [6.07, 6.45) is 1.64. The lowest BCUT2D eigenvalue weighted by molar-refractivity contribution is -0.123. The maximum atomic E-state index is 12.4. The van der Waals surface area contributed by atoms with Crippen LogP contribution in [-0.4, -0.2) is 17.1 Å². The number of nitrogens with one attached hydrogen (secondary N) is 1. The third-order valence-electron chi connectivity index (χ3n) is 4.76. The van der Waals surface area contributed by atoms with E-state index in [1.165, 1.54) is 6.07 Å². The van der Waals surface area contributed by atoms with Gasteiger partial charge in [-0.2, -0.15) is 0 Å². The molecule has 6 nitrogen and oxygen atoms in total. The van der Waals surface area contributed by atoms with Gasteiger partial charge in [0.2, 0.25) is 5.43 Å². The molecule has 2 aromatic carbocycles. The molecule has 0 bridgehead atoms. The zero-order valence-corrected chi connectivity index (χ0v) is 17.5. The van der Waals surface area contributed by atoms with Crippen molar-refractivity contribution >= 4 is 5.91 Å². The lowest BCUT2D eigenvalue weighted by Crippen LogP contribution is -2.30. The van der Waals surface area contributed by atoms with Crippen molar-refractivity contribution in [1.29, 1.82) is 0 Å². The first kappa shape index (κ1) is 21.2. The number of benzene rings is 2. The summed E-state index contributed by atoms with van der Waals surface area (Å²) in [5.41, 5.74) is 3.40. The Bertz CT molecular complexity index is 1050. The van der Waals surface area contributed by atoms with Crippen molar-refractivity contribution in [2.45, 2.75) is 27.0 Å². The summed E-state index contributed by atoms with van der Waals surface area (Å²) in [5.74, 6) is 0.740. The number of amides is 1. The fourth-order valence-electron chi connectivity index (χ4n) is 3.07. The van der Waals surface area contributed by atoms with Gasteiger partial charge < -0.3 is 19.4 Å². The van der Waals surface area contributed by atoms with Gasteiger partial charge in [0.1, 0.15) is 12.4 Å². The molecule has 1 amide bonds. The van der Waals surface area contributed by atoms with Gasteiger partial charge in [-0.25, -0.2) is 0 Å². The lowest BCUT2D eigenvalue weighted by Gasteiger charge is -2.14. The van der Waals surface area contributed by atoms with Crippen LogP contribution in [-0.2, 0) is 25.0 Å². The molecule has 0 unspecified atom stereocenters. The molecule has 30 heavy (non-hydrogen) atoms. The zero-order chi connectivity index (χ0) is 21.5. The van der Waals surface area contributed by atoms with E-state index in [4.69, 9.17) is 9.47 Å². The second-order valence-corrected chi connectivity index (χ2v) is 7.16. The quantitative estimate of drug-likeness (QED) is 0.623. The van der Waals surface area contributed by atoms with Crippen molar-refractivity contribution in [3.63, 3.8) is 0 Å². The topological polar surface area (TPSA) is 69.6 Å². The molecule has 0 atom stereocenters. The van der Waals surface area contributed by atoms with Gasteiger partial charge in [-0.3, -0.25) is 9.59 Å². The molecule has 0 saturated heterocycles. The highest BCUT2D eigenvalue weighted by Gasteiger charge is 2.10. The van der Waals surface area contributed by atoms with E-state index in [2.05, 4.69) is 5.32 Å². The summed E-state index contributed by atoms with van der Waals surface area (Å²) in [6, 6.07) is 17.0. The van der Waals surface area contributed by atoms with Crippen LogP contribution in [0.4, 0.5) is 0 Å². The molecule has 3 aromatic rings. The van der Waals surface area contributed by atoms with Crippen LogP contribution >= 0.6 is 0 Å². The molecule has 156 valence electrons. The van der Waals surface area contributed by atoms with Gasteiger partial charge in [-0.1, -0.05) is 48.5 Å². The van der Waals surface area contributed by atoms with Crippen molar-refractivity contribution in [1.82, 2.24) is 9.88 Å². The molecule has 0 spiro atoms. The number of para-hydroxylation sites is 1. The summed E-state index contributed by atoms with van der Waals surface area (Å²) in [7, 11) is 1.81. The number of rotatable bonds is 8. The van der Waals surface area contributed by atoms with Crippen LogP contribution in [0.2, 0.25) is 0 Å². The number of hydrogen-bond acceptors (Lipinski definition) is 4. The van der Waals surface area contributed by atoms with Crippen LogP contribution in [0.15, 0.2) is 65.6 Å². The first-order valence-electron chi connectivity index (χ1n) is 9.76. The highest BCUT2D eigenvalue weighted by molar-refractivity contribution is 5.77. The standard InChI is InChI=1S/C24H26N2O4/c1-17-8-7-9-18(2)24(17)30-16-23(28)25-13-20-12-21(27)22(14-26(20)3)29-15-19-10-5-4-6-11-19/h4-12,14H,13,15-16H2,1-3H3,(H,25,28). The summed E-state index contributed by atoms with van der Waals surface area (Å²) < 4.78 is 13.1. The summed E-state index contributed by atoms with van der Waals surface area (Å²) in [4.78, 5) is 24.6. The minimum Gasteiger partial charge on any atom is -0.483 e. The van der Waals surface area contributed by atoms with E-state index in [9.17, 15) is 9.59 Å². The van der Waals surface area contributed by atoms with Crippen molar-refractivity contribution in [3.8, 4) is 11.5 Å². The zero-order valence-electron chi connectivity index (χ0n) is 17.5. The van der Waals surface area contributed by atoms with E-state index < -0.39 is 0 Å². The lowest BCUT2D eigenvalue weighted by atomic mass is 10.1. The van der Waals surface area contributed by atoms with Crippen LogP contribution < -0.4 is 20.2 Å². The van der Waals surface area contributed by atoms with Crippen molar-refractivity contribution in [2.75, 3.05) is 6.61 Å². The second kappa shape index (κ2) is 9.78. The molecule has 1 aromatic heterocycles. The van der Waals surface area contributed by atoms with Crippen LogP contribution in [0.5, 0.6) is 11.5 Å². The minimum absolute atomic E-state index is 0.0854. The summed E-state index contributed by atoms with van der Waals surface area (Å²) >= 11 is 0. The molecule has 0 aliphatic rings. The van der Waals surface area contributed by atoms with Crippen LogP contribution in [0.1, 0.15) is 22.4 Å². The van der Waals surface area contributed by atoms with Gasteiger partial charge >= 0.3 is 0 Å². The van der Waals surface area contributed by atoms with E-state index in [1.807, 2.05) is 69.4 Å². The molecular weight excluding hydrogens is 380 g/mol. The maximum absolute atomic E-state index is 12.4. The number of ether oxygens (including phenoxy) is 2. The Balaban J connectivity index is 1.55. The first-order chi connectivity index (χ1) is 14.4. The fourth-order valence-corrected chi connectivity index (χ4v) is 3.07. The molecule has 1 N–H and O–H groups in total. The number of carbonyl (C=O) groups is 1. The number of aryl methyl sites for hydroxylation is 3. The highest BCUT2D eigenvalue weighted by atomic mass is 16.5. The van der Waals surface area contributed by atoms with E-state index in [0.717, 1.165) is 22.4 Å². The van der Waals surface area contributed by atoms with Crippen molar-refractivity contribution < 1.29 is 14.3 Å². The average molecular weight is 406 g/mol. The van der Waals surface area contributed by atoms with Gasteiger partial charge in [-0.05, 0) is 30.5 Å². The monoisotopic (exact) mass is 406 g/mol. The third-order valence-corrected chi connectivity index (χ3v) is 4.76. The largest absolute Gasteiger partial charge is 0.483 e. The van der Waals surface area contributed by atoms with Crippen molar-refractivity contribution in [3.05, 3.63) is 93.4 Å². The van der Waals surface area contributed by atoms with E-state index in [0.29, 0.717) is 12.3 Å². The normalized spacial score (nSPS) is 10.5. The Hall–Kier alpha value is -3.54. The average Bonchev–Trinajstić information content (AvgIpc) is 2.73.